The van der Waals surface area contributed by atoms with Crippen LogP contribution in [0, 0.1) is 11.8 Å². The van der Waals surface area contributed by atoms with Crippen LogP contribution in [0.1, 0.15) is 46.5 Å². The van der Waals surface area contributed by atoms with Gasteiger partial charge >= 0.3 is 6.09 Å². The standard InChI is InChI=1S/C15H27NO5S/c1-15(2,3)20-14(17)16-7-5-11(6-8-16)12-9-13(10-12)21-22(4,18)19/h11-13H,5-10H2,1-4H3. The molecule has 128 valence electrons. The normalized spacial score (nSPS) is 27.4. The largest absolute Gasteiger partial charge is 0.444 e. The number of rotatable bonds is 3. The van der Waals surface area contributed by atoms with Crippen molar-refractivity contribution in [1.82, 2.24) is 4.90 Å². The van der Waals surface area contributed by atoms with Gasteiger partial charge in [-0.25, -0.2) is 4.79 Å². The number of hydrogen-bond donors (Lipinski definition) is 0. The molecule has 0 aromatic heterocycles. The fourth-order valence-corrected chi connectivity index (χ4v) is 3.85. The first kappa shape index (κ1) is 17.5. The maximum absolute atomic E-state index is 12.0. The van der Waals surface area contributed by atoms with Crippen molar-refractivity contribution in [3.63, 3.8) is 0 Å². The Morgan fingerprint density at radius 3 is 2.09 bits per heavy atom. The van der Waals surface area contributed by atoms with E-state index < -0.39 is 15.7 Å². The summed E-state index contributed by atoms with van der Waals surface area (Å²) in [5, 5.41) is 0. The molecule has 1 amide bonds. The van der Waals surface area contributed by atoms with Gasteiger partial charge in [0.15, 0.2) is 0 Å². The summed E-state index contributed by atoms with van der Waals surface area (Å²) in [6.45, 7) is 7.04. The zero-order valence-corrected chi connectivity index (χ0v) is 14.7. The Bertz CT molecular complexity index is 497. The minimum atomic E-state index is -3.35. The van der Waals surface area contributed by atoms with Gasteiger partial charge in [-0.2, -0.15) is 8.42 Å². The van der Waals surface area contributed by atoms with Gasteiger partial charge in [-0.3, -0.25) is 4.18 Å². The predicted octanol–water partition coefficient (Wildman–Crippen LogP) is 2.39. The zero-order valence-electron chi connectivity index (χ0n) is 13.9. The number of likely N-dealkylation sites (tertiary alicyclic amines) is 1. The Labute approximate surface area is 133 Å². The van der Waals surface area contributed by atoms with E-state index >= 15 is 0 Å². The zero-order chi connectivity index (χ0) is 16.5. The van der Waals surface area contributed by atoms with Crippen molar-refractivity contribution in [2.75, 3.05) is 19.3 Å². The van der Waals surface area contributed by atoms with E-state index in [9.17, 15) is 13.2 Å². The molecule has 0 aromatic carbocycles. The molecular formula is C15H27NO5S. The maximum atomic E-state index is 12.0. The highest BCUT2D eigenvalue weighted by Gasteiger charge is 2.39. The minimum absolute atomic E-state index is 0.149. The molecular weight excluding hydrogens is 306 g/mol. The number of carbonyl (C=O) groups is 1. The molecule has 1 aliphatic carbocycles. The van der Waals surface area contributed by atoms with E-state index in [0.29, 0.717) is 24.9 Å². The molecule has 0 atom stereocenters. The molecule has 2 rings (SSSR count). The molecule has 2 fully saturated rings. The van der Waals surface area contributed by atoms with Gasteiger partial charge in [0.1, 0.15) is 5.60 Å². The number of hydrogen-bond acceptors (Lipinski definition) is 5. The van der Waals surface area contributed by atoms with E-state index in [4.69, 9.17) is 8.92 Å². The van der Waals surface area contributed by atoms with Gasteiger partial charge in [0.25, 0.3) is 10.1 Å². The first-order chi connectivity index (χ1) is 10.0. The molecule has 1 saturated carbocycles. The van der Waals surface area contributed by atoms with Gasteiger partial charge in [0.05, 0.1) is 12.4 Å². The Balaban J connectivity index is 1.72. The summed E-state index contributed by atoms with van der Waals surface area (Å²) in [5.41, 5.74) is -0.460. The molecule has 1 saturated heterocycles. The quantitative estimate of drug-likeness (QED) is 0.742. The molecule has 0 radical (unpaired) electrons. The molecule has 0 unspecified atom stereocenters. The second kappa shape index (κ2) is 6.35. The second-order valence-corrected chi connectivity index (χ2v) is 9.06. The third-order valence-electron chi connectivity index (χ3n) is 4.30. The van der Waals surface area contributed by atoms with E-state index in [-0.39, 0.29) is 12.2 Å². The molecule has 0 N–H and O–H groups in total. The highest BCUT2D eigenvalue weighted by atomic mass is 32.2. The molecule has 0 bridgehead atoms. The molecule has 7 heteroatoms. The van der Waals surface area contributed by atoms with Crippen LogP contribution in [0.25, 0.3) is 0 Å². The Kier molecular flexibility index (Phi) is 5.06. The maximum Gasteiger partial charge on any atom is 0.410 e. The van der Waals surface area contributed by atoms with Crippen LogP contribution in [0.4, 0.5) is 4.79 Å². The van der Waals surface area contributed by atoms with Crippen LogP contribution in [0.3, 0.4) is 0 Å². The van der Waals surface area contributed by atoms with Crippen molar-refractivity contribution in [1.29, 1.82) is 0 Å². The van der Waals surface area contributed by atoms with E-state index in [2.05, 4.69) is 0 Å². The highest BCUT2D eigenvalue weighted by Crippen LogP contribution is 2.41. The molecule has 0 aromatic rings. The van der Waals surface area contributed by atoms with Crippen molar-refractivity contribution in [3.8, 4) is 0 Å². The topological polar surface area (TPSA) is 72.9 Å². The molecule has 6 nitrogen and oxygen atoms in total. The van der Waals surface area contributed by atoms with Gasteiger partial charge < -0.3 is 9.64 Å². The second-order valence-electron chi connectivity index (χ2n) is 7.46. The van der Waals surface area contributed by atoms with Crippen molar-refractivity contribution in [2.45, 2.75) is 58.2 Å². The number of ether oxygens (including phenoxy) is 1. The summed E-state index contributed by atoms with van der Waals surface area (Å²) in [6.07, 6.45) is 4.24. The van der Waals surface area contributed by atoms with E-state index in [0.717, 1.165) is 31.9 Å². The fourth-order valence-electron chi connectivity index (χ4n) is 3.20. The van der Waals surface area contributed by atoms with Crippen molar-refractivity contribution in [2.24, 2.45) is 11.8 Å². The molecule has 22 heavy (non-hydrogen) atoms. The first-order valence-corrected chi connectivity index (χ1v) is 9.71. The first-order valence-electron chi connectivity index (χ1n) is 7.90. The lowest BCUT2D eigenvalue weighted by Gasteiger charge is -2.43. The van der Waals surface area contributed by atoms with Gasteiger partial charge in [-0.05, 0) is 58.3 Å². The minimum Gasteiger partial charge on any atom is -0.444 e. The fraction of sp³-hybridized carbons (Fsp3) is 0.933. The van der Waals surface area contributed by atoms with Gasteiger partial charge in [0.2, 0.25) is 0 Å². The summed E-state index contributed by atoms with van der Waals surface area (Å²) in [7, 11) is -3.35. The molecule has 1 heterocycles. The third-order valence-corrected chi connectivity index (χ3v) is 4.92. The number of piperidine rings is 1. The van der Waals surface area contributed by atoms with Gasteiger partial charge in [-0.15, -0.1) is 0 Å². The van der Waals surface area contributed by atoms with Crippen LogP contribution in [-0.4, -0.2) is 50.5 Å². The third kappa shape index (κ3) is 5.12. The van der Waals surface area contributed by atoms with Crippen LogP contribution in [0.15, 0.2) is 0 Å². The number of nitrogens with zero attached hydrogens (tertiary/aromatic N) is 1. The van der Waals surface area contributed by atoms with Crippen molar-refractivity contribution >= 4 is 16.2 Å². The average molecular weight is 333 g/mol. The molecule has 2 aliphatic rings. The van der Waals surface area contributed by atoms with Gasteiger partial charge in [-0.1, -0.05) is 0 Å². The lowest BCUT2D eigenvalue weighted by molar-refractivity contribution is -0.00250. The smallest absolute Gasteiger partial charge is 0.410 e. The lowest BCUT2D eigenvalue weighted by atomic mass is 9.70. The summed E-state index contributed by atoms with van der Waals surface area (Å²) in [4.78, 5) is 13.8. The highest BCUT2D eigenvalue weighted by molar-refractivity contribution is 7.86. The van der Waals surface area contributed by atoms with Crippen LogP contribution in [0.2, 0.25) is 0 Å². The van der Waals surface area contributed by atoms with Crippen LogP contribution >= 0.6 is 0 Å². The molecule has 0 spiro atoms. The van der Waals surface area contributed by atoms with Crippen LogP contribution in [-0.2, 0) is 19.0 Å². The van der Waals surface area contributed by atoms with E-state index in [1.165, 1.54) is 0 Å². The number of carbonyl (C=O) groups excluding carboxylic acids is 1. The summed E-state index contributed by atoms with van der Waals surface area (Å²) >= 11 is 0. The SMILES string of the molecule is CC(C)(C)OC(=O)N1CCC(C2CC(OS(C)(=O)=O)C2)CC1. The Morgan fingerprint density at radius 2 is 1.64 bits per heavy atom. The van der Waals surface area contributed by atoms with Crippen LogP contribution in [0.5, 0.6) is 0 Å². The summed E-state index contributed by atoms with van der Waals surface area (Å²) in [5.74, 6) is 1.07. The summed E-state index contributed by atoms with van der Waals surface area (Å²) < 4.78 is 32.5. The van der Waals surface area contributed by atoms with Crippen molar-refractivity contribution < 1.29 is 22.1 Å². The van der Waals surface area contributed by atoms with Crippen LogP contribution < -0.4 is 0 Å². The van der Waals surface area contributed by atoms with Crippen molar-refractivity contribution in [3.05, 3.63) is 0 Å². The summed E-state index contributed by atoms with van der Waals surface area (Å²) in [6, 6.07) is 0. The van der Waals surface area contributed by atoms with Gasteiger partial charge in [0, 0.05) is 13.1 Å². The van der Waals surface area contributed by atoms with E-state index in [1.807, 2.05) is 20.8 Å². The Hall–Kier alpha value is -0.820. The van der Waals surface area contributed by atoms with E-state index in [1.54, 1.807) is 4.90 Å². The lowest BCUT2D eigenvalue weighted by Crippen LogP contribution is -2.45. The predicted molar refractivity (Wildman–Crippen MR) is 83.0 cm³/mol. The molecule has 1 aliphatic heterocycles. The Morgan fingerprint density at radius 1 is 1.09 bits per heavy atom. The average Bonchev–Trinajstić information content (AvgIpc) is 2.30. The number of amides is 1. The monoisotopic (exact) mass is 333 g/mol.